The third kappa shape index (κ3) is 5.55. The Labute approximate surface area is 171 Å². The molecule has 2 rings (SSSR count). The number of carbonyl (C=O) groups excluding carboxylic acids is 1. The molecular formula is C20H25N3O5S. The molecule has 2 aromatic carbocycles. The van der Waals surface area contributed by atoms with Crippen molar-refractivity contribution in [2.45, 2.75) is 18.7 Å². The standard InChI is InChI=1S/C20H25N3O5S/c1-5-23(6-2)29(25,26)19-9-7-8-16(12-19)20(24)22-21-14-15-10-17(27-3)13-18(11-15)28-4/h7-14H,5-6H2,1-4H3,(H,22,24)/b21-14-. The molecule has 0 aliphatic heterocycles. The smallest absolute Gasteiger partial charge is 0.271 e. The number of hydrogen-bond acceptors (Lipinski definition) is 6. The molecule has 0 atom stereocenters. The fourth-order valence-electron chi connectivity index (χ4n) is 2.64. The molecule has 0 unspecified atom stereocenters. The minimum Gasteiger partial charge on any atom is -0.497 e. The Bertz CT molecular complexity index is 963. The van der Waals surface area contributed by atoms with Crippen LogP contribution in [0.25, 0.3) is 0 Å². The van der Waals surface area contributed by atoms with Gasteiger partial charge in [0.1, 0.15) is 11.5 Å². The average molecular weight is 420 g/mol. The molecule has 0 saturated carbocycles. The summed E-state index contributed by atoms with van der Waals surface area (Å²) in [5.41, 5.74) is 3.26. The number of rotatable bonds is 9. The van der Waals surface area contributed by atoms with Crippen LogP contribution in [-0.4, -0.2) is 52.2 Å². The molecule has 29 heavy (non-hydrogen) atoms. The van der Waals surface area contributed by atoms with Gasteiger partial charge >= 0.3 is 0 Å². The number of nitrogens with zero attached hydrogens (tertiary/aromatic N) is 2. The van der Waals surface area contributed by atoms with Crippen LogP contribution in [0.1, 0.15) is 29.8 Å². The van der Waals surface area contributed by atoms with Gasteiger partial charge in [0, 0.05) is 30.3 Å². The van der Waals surface area contributed by atoms with E-state index < -0.39 is 15.9 Å². The number of nitrogens with one attached hydrogen (secondary N) is 1. The molecular weight excluding hydrogens is 394 g/mol. The van der Waals surface area contributed by atoms with Crippen molar-refractivity contribution in [3.05, 3.63) is 53.6 Å². The van der Waals surface area contributed by atoms with Crippen LogP contribution in [0.3, 0.4) is 0 Å². The lowest BCUT2D eigenvalue weighted by Crippen LogP contribution is -2.30. The lowest BCUT2D eigenvalue weighted by Gasteiger charge is -2.18. The summed E-state index contributed by atoms with van der Waals surface area (Å²) >= 11 is 0. The number of methoxy groups -OCH3 is 2. The SMILES string of the molecule is CCN(CC)S(=O)(=O)c1cccc(C(=O)N/N=C\c2cc(OC)cc(OC)c2)c1. The van der Waals surface area contributed by atoms with E-state index in [0.29, 0.717) is 30.2 Å². The highest BCUT2D eigenvalue weighted by molar-refractivity contribution is 7.89. The molecule has 1 N–H and O–H groups in total. The van der Waals surface area contributed by atoms with E-state index in [0.717, 1.165) is 0 Å². The first-order valence-electron chi connectivity index (χ1n) is 9.02. The zero-order valence-electron chi connectivity index (χ0n) is 16.9. The van der Waals surface area contributed by atoms with Gasteiger partial charge in [0.15, 0.2) is 0 Å². The van der Waals surface area contributed by atoms with E-state index in [1.807, 2.05) is 0 Å². The number of amides is 1. The summed E-state index contributed by atoms with van der Waals surface area (Å²) in [6.07, 6.45) is 1.44. The molecule has 0 spiro atoms. The van der Waals surface area contributed by atoms with Crippen molar-refractivity contribution in [3.8, 4) is 11.5 Å². The molecule has 0 bridgehead atoms. The van der Waals surface area contributed by atoms with Gasteiger partial charge in [-0.05, 0) is 30.3 Å². The van der Waals surface area contributed by atoms with E-state index in [1.165, 1.54) is 49.0 Å². The molecule has 0 heterocycles. The van der Waals surface area contributed by atoms with Gasteiger partial charge in [-0.15, -0.1) is 0 Å². The fraction of sp³-hybridized carbons (Fsp3) is 0.300. The molecule has 8 nitrogen and oxygen atoms in total. The van der Waals surface area contributed by atoms with E-state index in [4.69, 9.17) is 9.47 Å². The van der Waals surface area contributed by atoms with Gasteiger partial charge in [0.25, 0.3) is 5.91 Å². The maximum atomic E-state index is 12.6. The van der Waals surface area contributed by atoms with Gasteiger partial charge in [-0.2, -0.15) is 9.41 Å². The molecule has 0 radical (unpaired) electrons. The second kappa shape index (κ2) is 10.0. The average Bonchev–Trinajstić information content (AvgIpc) is 2.74. The molecule has 0 aromatic heterocycles. The predicted octanol–water partition coefficient (Wildman–Crippen LogP) is 2.50. The summed E-state index contributed by atoms with van der Waals surface area (Å²) in [7, 11) is -0.572. The lowest BCUT2D eigenvalue weighted by molar-refractivity contribution is 0.0955. The molecule has 156 valence electrons. The largest absolute Gasteiger partial charge is 0.497 e. The Balaban J connectivity index is 2.17. The molecule has 2 aromatic rings. The zero-order chi connectivity index (χ0) is 21.4. The van der Waals surface area contributed by atoms with Crippen LogP contribution in [0.5, 0.6) is 11.5 Å². The minimum atomic E-state index is -3.65. The van der Waals surface area contributed by atoms with E-state index in [1.54, 1.807) is 32.0 Å². The number of carbonyl (C=O) groups is 1. The fourth-order valence-corrected chi connectivity index (χ4v) is 4.15. The highest BCUT2D eigenvalue weighted by Crippen LogP contribution is 2.21. The van der Waals surface area contributed by atoms with Gasteiger partial charge < -0.3 is 9.47 Å². The van der Waals surface area contributed by atoms with Crippen molar-refractivity contribution in [1.29, 1.82) is 0 Å². The first-order chi connectivity index (χ1) is 13.8. The van der Waals surface area contributed by atoms with Crippen LogP contribution < -0.4 is 14.9 Å². The Kier molecular flexibility index (Phi) is 7.74. The second-order valence-corrected chi connectivity index (χ2v) is 7.90. The monoisotopic (exact) mass is 419 g/mol. The van der Waals surface area contributed by atoms with Crippen molar-refractivity contribution in [2.75, 3.05) is 27.3 Å². The zero-order valence-corrected chi connectivity index (χ0v) is 17.7. The first-order valence-corrected chi connectivity index (χ1v) is 10.5. The predicted molar refractivity (Wildman–Crippen MR) is 111 cm³/mol. The molecule has 0 aliphatic carbocycles. The lowest BCUT2D eigenvalue weighted by atomic mass is 10.2. The maximum absolute atomic E-state index is 12.6. The van der Waals surface area contributed by atoms with Crippen LogP contribution in [0, 0.1) is 0 Å². The highest BCUT2D eigenvalue weighted by Gasteiger charge is 2.22. The van der Waals surface area contributed by atoms with Gasteiger partial charge in [0.2, 0.25) is 10.0 Å². The van der Waals surface area contributed by atoms with E-state index >= 15 is 0 Å². The quantitative estimate of drug-likeness (QED) is 0.498. The third-order valence-electron chi connectivity index (χ3n) is 4.19. The topological polar surface area (TPSA) is 97.3 Å². The normalized spacial score (nSPS) is 11.6. The number of sulfonamides is 1. The van der Waals surface area contributed by atoms with Crippen LogP contribution in [0.15, 0.2) is 52.5 Å². The van der Waals surface area contributed by atoms with Crippen molar-refractivity contribution >= 4 is 22.1 Å². The summed E-state index contributed by atoms with van der Waals surface area (Å²) < 4.78 is 37.0. The highest BCUT2D eigenvalue weighted by atomic mass is 32.2. The van der Waals surface area contributed by atoms with Gasteiger partial charge in [-0.1, -0.05) is 19.9 Å². The summed E-state index contributed by atoms with van der Waals surface area (Å²) in [5.74, 6) is 0.658. The number of ether oxygens (including phenoxy) is 2. The van der Waals surface area contributed by atoms with Crippen molar-refractivity contribution in [3.63, 3.8) is 0 Å². The first kappa shape index (κ1) is 22.4. The summed E-state index contributed by atoms with van der Waals surface area (Å²) in [5, 5.41) is 3.93. The van der Waals surface area contributed by atoms with E-state index in [2.05, 4.69) is 10.5 Å². The molecule has 9 heteroatoms. The third-order valence-corrected chi connectivity index (χ3v) is 6.24. The van der Waals surface area contributed by atoms with Crippen LogP contribution >= 0.6 is 0 Å². The Morgan fingerprint density at radius 2 is 1.69 bits per heavy atom. The van der Waals surface area contributed by atoms with Crippen molar-refractivity contribution in [2.24, 2.45) is 5.10 Å². The molecule has 0 fully saturated rings. The van der Waals surface area contributed by atoms with E-state index in [-0.39, 0.29) is 10.5 Å². The Hall–Kier alpha value is -2.91. The molecule has 0 aliphatic rings. The summed E-state index contributed by atoms with van der Waals surface area (Å²) in [4.78, 5) is 12.5. The number of hydrazone groups is 1. The Morgan fingerprint density at radius 1 is 1.07 bits per heavy atom. The second-order valence-electron chi connectivity index (χ2n) is 5.96. The minimum absolute atomic E-state index is 0.0651. The van der Waals surface area contributed by atoms with Crippen LogP contribution in [0.2, 0.25) is 0 Å². The van der Waals surface area contributed by atoms with Gasteiger partial charge in [-0.25, -0.2) is 13.8 Å². The summed E-state index contributed by atoms with van der Waals surface area (Å²) in [6.45, 7) is 4.23. The van der Waals surface area contributed by atoms with Crippen molar-refractivity contribution in [1.82, 2.24) is 9.73 Å². The van der Waals surface area contributed by atoms with E-state index in [9.17, 15) is 13.2 Å². The molecule has 0 saturated heterocycles. The van der Waals surface area contributed by atoms with Crippen LogP contribution in [0.4, 0.5) is 0 Å². The number of benzene rings is 2. The van der Waals surface area contributed by atoms with Gasteiger partial charge in [-0.3, -0.25) is 4.79 Å². The number of hydrogen-bond donors (Lipinski definition) is 1. The van der Waals surface area contributed by atoms with Crippen LogP contribution in [-0.2, 0) is 10.0 Å². The Morgan fingerprint density at radius 3 is 2.24 bits per heavy atom. The molecule has 1 amide bonds. The summed E-state index contributed by atoms with van der Waals surface area (Å²) in [6, 6.07) is 11.1. The van der Waals surface area contributed by atoms with Gasteiger partial charge in [0.05, 0.1) is 25.3 Å². The van der Waals surface area contributed by atoms with Crippen molar-refractivity contribution < 1.29 is 22.7 Å². The maximum Gasteiger partial charge on any atom is 0.271 e.